The van der Waals surface area contributed by atoms with Crippen molar-refractivity contribution < 1.29 is 27.2 Å². The highest BCUT2D eigenvalue weighted by Crippen LogP contribution is 2.42. The Morgan fingerprint density at radius 3 is 2.34 bits per heavy atom. The quantitative estimate of drug-likeness (QED) is 0.198. The largest absolute Gasteiger partial charge is 0.737 e. The minimum Gasteiger partial charge on any atom is -0.436 e. The maximum absolute atomic E-state index is 16.0. The Morgan fingerprint density at radius 2 is 1.63 bits per heavy atom. The van der Waals surface area contributed by atoms with Gasteiger partial charge in [-0.25, -0.2) is 0 Å². The van der Waals surface area contributed by atoms with E-state index < -0.39 is 6.97 Å². The van der Waals surface area contributed by atoms with Gasteiger partial charge in [-0.15, -0.1) is 0 Å². The molecule has 0 fully saturated rings. The molecule has 2 aliphatic rings. The van der Waals surface area contributed by atoms with Gasteiger partial charge in [0.15, 0.2) is 23.9 Å². The van der Waals surface area contributed by atoms with E-state index in [2.05, 4.69) is 0 Å². The van der Waals surface area contributed by atoms with E-state index in [-0.39, 0.29) is 11.4 Å². The first-order chi connectivity index (χ1) is 18.3. The molecule has 0 saturated carbocycles. The first kappa shape index (κ1) is 23.8. The monoisotopic (exact) mass is 508 g/mol. The first-order valence-corrected chi connectivity index (χ1v) is 12.4. The molecule has 38 heavy (non-hydrogen) atoms. The summed E-state index contributed by atoms with van der Waals surface area (Å²) in [4.78, 5) is 13.6. The van der Waals surface area contributed by atoms with E-state index in [4.69, 9.17) is 4.74 Å². The number of carbonyl (C=O) groups excluding carboxylic acids is 1. The van der Waals surface area contributed by atoms with Crippen LogP contribution in [-0.2, 0) is 6.73 Å². The molecule has 2 aromatic heterocycles. The fourth-order valence-corrected chi connectivity index (χ4v) is 5.24. The van der Waals surface area contributed by atoms with Gasteiger partial charge in [-0.3, -0.25) is 4.79 Å². The molecule has 0 radical (unpaired) electrons. The Morgan fingerprint density at radius 1 is 0.947 bits per heavy atom. The lowest BCUT2D eigenvalue weighted by atomic mass is 9.88. The van der Waals surface area contributed by atoms with E-state index in [0.29, 0.717) is 46.3 Å². The molecule has 2 aliphatic heterocycles. The zero-order valence-electron chi connectivity index (χ0n) is 21.0. The molecular weight excluding hydrogens is 483 g/mol. The van der Waals surface area contributed by atoms with E-state index in [1.165, 1.54) is 6.21 Å². The Hall–Kier alpha value is -4.59. The minimum atomic E-state index is -4.19. The normalized spacial score (nSPS) is 15.5. The highest BCUT2D eigenvalue weighted by Gasteiger charge is 2.54. The second-order valence-electron chi connectivity index (χ2n) is 9.55. The van der Waals surface area contributed by atoms with Gasteiger partial charge >= 0.3 is 6.97 Å². The number of pyridine rings is 1. The van der Waals surface area contributed by atoms with E-state index in [1.54, 1.807) is 55.5 Å². The van der Waals surface area contributed by atoms with Gasteiger partial charge in [-0.05, 0) is 48.9 Å². The molecule has 4 aromatic rings. The van der Waals surface area contributed by atoms with Crippen LogP contribution in [0.5, 0.6) is 5.75 Å². The molecule has 5 nitrogen and oxygen atoms in total. The molecule has 6 rings (SSSR count). The smallest absolute Gasteiger partial charge is 0.436 e. The van der Waals surface area contributed by atoms with Crippen molar-refractivity contribution in [3.8, 4) is 5.75 Å². The standard InChI is InChI=1S/C30H25BF2N3O2/c1-21-17-22(2)36-27(21)18-28-29(23-11-13-25(14-12-23)38-20-34-15-7-4-8-16-34)26(19-35(28)31(36,32)33)30(37)24-9-5-3-6-10-24/h3-19H,20H2,1-2H3/q+1. The third-order valence-electron chi connectivity index (χ3n) is 7.04. The lowest BCUT2D eigenvalue weighted by Crippen LogP contribution is -2.49. The van der Waals surface area contributed by atoms with Crippen LogP contribution in [0.1, 0.15) is 32.9 Å². The third kappa shape index (κ3) is 3.89. The van der Waals surface area contributed by atoms with Crippen molar-refractivity contribution in [3.05, 3.63) is 131 Å². The van der Waals surface area contributed by atoms with Crippen LogP contribution in [0.4, 0.5) is 8.63 Å². The van der Waals surface area contributed by atoms with E-state index >= 15 is 8.63 Å². The second kappa shape index (κ2) is 9.06. The highest BCUT2D eigenvalue weighted by molar-refractivity contribution is 6.58. The van der Waals surface area contributed by atoms with Crippen LogP contribution >= 0.6 is 0 Å². The van der Waals surface area contributed by atoms with Crippen LogP contribution in [0.3, 0.4) is 0 Å². The SMILES string of the molecule is Cc1cc(C)n2c1C=C1C(c3ccc(OC[n+]4ccccc4)cc3)=C(C(=O)c3ccccc3)C=[N+]1[B-]2(F)F. The van der Waals surface area contributed by atoms with E-state index in [9.17, 15) is 4.79 Å². The number of hydrogen-bond donors (Lipinski definition) is 0. The molecule has 0 atom stereocenters. The number of fused-ring (bicyclic) bond motifs is 2. The van der Waals surface area contributed by atoms with Crippen molar-refractivity contribution >= 4 is 30.6 Å². The summed E-state index contributed by atoms with van der Waals surface area (Å²) < 4.78 is 41.8. The average Bonchev–Trinajstić information content (AvgIpc) is 3.46. The molecule has 0 aliphatic carbocycles. The Balaban J connectivity index is 1.44. The van der Waals surface area contributed by atoms with E-state index in [1.807, 2.05) is 60.3 Å². The van der Waals surface area contributed by atoms with Gasteiger partial charge in [0.2, 0.25) is 0 Å². The van der Waals surface area contributed by atoms with Gasteiger partial charge in [0.1, 0.15) is 12.0 Å². The zero-order chi connectivity index (χ0) is 26.4. The molecule has 0 bridgehead atoms. The van der Waals surface area contributed by atoms with Crippen LogP contribution in [0, 0.1) is 13.8 Å². The fraction of sp³-hybridized carbons (Fsp3) is 0.100. The number of nitrogens with zero attached hydrogens (tertiary/aromatic N) is 3. The van der Waals surface area contributed by atoms with Crippen molar-refractivity contribution in [2.75, 3.05) is 0 Å². The van der Waals surface area contributed by atoms with Gasteiger partial charge in [0.25, 0.3) is 6.73 Å². The highest BCUT2D eigenvalue weighted by atomic mass is 19.2. The summed E-state index contributed by atoms with van der Waals surface area (Å²) >= 11 is 0. The lowest BCUT2D eigenvalue weighted by molar-refractivity contribution is -0.724. The maximum Gasteiger partial charge on any atom is 0.737 e. The number of ketones is 1. The minimum absolute atomic E-state index is 0.235. The summed E-state index contributed by atoms with van der Waals surface area (Å²) in [6, 6.07) is 23.5. The number of aryl methyl sites for hydroxylation is 2. The van der Waals surface area contributed by atoms with Gasteiger partial charge in [-0.1, -0.05) is 48.5 Å². The summed E-state index contributed by atoms with van der Waals surface area (Å²) in [6.07, 6.45) is 6.88. The summed E-state index contributed by atoms with van der Waals surface area (Å²) in [7, 11) is 0. The van der Waals surface area contributed by atoms with Crippen molar-refractivity contribution in [3.63, 3.8) is 0 Å². The van der Waals surface area contributed by atoms with Crippen molar-refractivity contribution in [2.24, 2.45) is 0 Å². The molecule has 2 aromatic carbocycles. The molecule has 188 valence electrons. The number of carbonyl (C=O) groups is 1. The molecule has 0 spiro atoms. The van der Waals surface area contributed by atoms with Crippen molar-refractivity contribution in [1.82, 2.24) is 4.48 Å². The van der Waals surface area contributed by atoms with Gasteiger partial charge < -0.3 is 22.3 Å². The topological polar surface area (TPSA) is 38.1 Å². The molecule has 0 saturated heterocycles. The predicted molar refractivity (Wildman–Crippen MR) is 143 cm³/mol. The number of rotatable bonds is 6. The van der Waals surface area contributed by atoms with Gasteiger partial charge in [0.05, 0.1) is 11.1 Å². The van der Waals surface area contributed by atoms with Crippen LogP contribution in [-0.4, -0.2) is 27.9 Å². The van der Waals surface area contributed by atoms with Crippen LogP contribution in [0.2, 0.25) is 0 Å². The number of allylic oxidation sites excluding steroid dienone is 2. The van der Waals surface area contributed by atoms with Gasteiger partial charge in [-0.2, -0.15) is 4.57 Å². The molecule has 0 amide bonds. The second-order valence-corrected chi connectivity index (χ2v) is 9.55. The summed E-state index contributed by atoms with van der Waals surface area (Å²) in [5.74, 6) is 0.328. The predicted octanol–water partition coefficient (Wildman–Crippen LogP) is 5.44. The number of Topliss-reactive ketones (excluding diaryl/α,β-unsaturated/α-hetero) is 1. The summed E-state index contributed by atoms with van der Waals surface area (Å²) in [5, 5.41) is 0. The number of benzene rings is 2. The summed E-state index contributed by atoms with van der Waals surface area (Å²) in [5.41, 5.74) is 3.84. The lowest BCUT2D eigenvalue weighted by Gasteiger charge is -2.30. The van der Waals surface area contributed by atoms with Crippen LogP contribution in [0.15, 0.2) is 103 Å². The Bertz CT molecular complexity index is 1660. The number of hydrogen-bond acceptors (Lipinski definition) is 2. The Labute approximate surface area is 219 Å². The average molecular weight is 508 g/mol. The molecule has 8 heteroatoms. The number of halogens is 2. The fourth-order valence-electron chi connectivity index (χ4n) is 5.24. The molecule has 0 N–H and O–H groups in total. The molecular formula is C30H25BF2N3O2+. The number of aromatic nitrogens is 2. The maximum atomic E-state index is 16.0. The number of ether oxygens (including phenoxy) is 1. The van der Waals surface area contributed by atoms with Crippen molar-refractivity contribution in [1.29, 1.82) is 0 Å². The van der Waals surface area contributed by atoms with Gasteiger partial charge in [0, 0.05) is 29.5 Å². The van der Waals surface area contributed by atoms with Crippen molar-refractivity contribution in [2.45, 2.75) is 20.6 Å². The third-order valence-corrected chi connectivity index (χ3v) is 7.04. The Kier molecular flexibility index (Phi) is 5.67. The zero-order valence-corrected chi connectivity index (χ0v) is 21.0. The van der Waals surface area contributed by atoms with Crippen LogP contribution in [0.25, 0.3) is 11.6 Å². The van der Waals surface area contributed by atoms with E-state index in [0.717, 1.165) is 14.5 Å². The summed E-state index contributed by atoms with van der Waals surface area (Å²) in [6.45, 7) is -0.355. The first-order valence-electron chi connectivity index (χ1n) is 12.4. The molecule has 0 unspecified atom stereocenters. The molecule has 4 heterocycles. The van der Waals surface area contributed by atoms with Crippen LogP contribution < -0.4 is 9.30 Å².